The van der Waals surface area contributed by atoms with E-state index in [9.17, 15) is 9.59 Å². The molecule has 13 nitrogen and oxygen atoms in total. The molecule has 0 aliphatic carbocycles. The highest BCUT2D eigenvalue weighted by Gasteiger charge is 2.52. The molecular formula is C23H34N8O5SSi. The fourth-order valence-electron chi connectivity index (χ4n) is 3.97. The second-order valence-corrected chi connectivity index (χ2v) is 16.2. The van der Waals surface area contributed by atoms with Gasteiger partial charge < -0.3 is 19.9 Å². The van der Waals surface area contributed by atoms with Crippen molar-refractivity contribution in [2.75, 3.05) is 13.2 Å². The van der Waals surface area contributed by atoms with E-state index in [4.69, 9.17) is 24.8 Å². The molecule has 4 rings (SSSR count). The molecule has 2 aliphatic heterocycles. The Bertz CT molecular complexity index is 1250. The lowest BCUT2D eigenvalue weighted by Crippen LogP contribution is -2.50. The SMILES string of the molecule is C=CCON1C(=O)N2C[C@H]1c1cnn(C)c1[C@H]2C(=NCc1nc(OC(N)=O)cs1)NO[Si](C)(C)C(C)(C)C. The number of aryl methyl sites for hydroxylation is 1. The summed E-state index contributed by atoms with van der Waals surface area (Å²) in [7, 11) is -0.430. The number of amidine groups is 1. The molecule has 38 heavy (non-hydrogen) atoms. The molecule has 0 spiro atoms. The number of aromatic nitrogens is 3. The molecular weight excluding hydrogens is 528 g/mol. The molecule has 206 valence electrons. The lowest BCUT2D eigenvalue weighted by Gasteiger charge is -2.38. The Balaban J connectivity index is 1.71. The zero-order valence-electron chi connectivity index (χ0n) is 22.4. The molecule has 2 atom stereocenters. The average molecular weight is 563 g/mol. The molecule has 3 N–H and O–H groups in total. The number of aliphatic imine (C=N–C) groups is 1. The summed E-state index contributed by atoms with van der Waals surface area (Å²) in [6.07, 6.45) is 2.42. The van der Waals surface area contributed by atoms with E-state index in [2.05, 4.69) is 56.0 Å². The largest absolute Gasteiger partial charge is 0.411 e. The van der Waals surface area contributed by atoms with E-state index in [0.29, 0.717) is 17.4 Å². The number of hydroxylamine groups is 3. The molecule has 2 aromatic heterocycles. The maximum atomic E-state index is 13.5. The smallest absolute Gasteiger partial charge is 0.390 e. The first-order chi connectivity index (χ1) is 17.8. The van der Waals surface area contributed by atoms with Crippen molar-refractivity contribution in [3.8, 4) is 5.88 Å². The third kappa shape index (κ3) is 5.32. The van der Waals surface area contributed by atoms with Gasteiger partial charge in [0.1, 0.15) is 22.9 Å². The third-order valence-electron chi connectivity index (χ3n) is 6.96. The Morgan fingerprint density at radius 2 is 2.16 bits per heavy atom. The first-order valence-corrected chi connectivity index (χ1v) is 15.9. The number of rotatable bonds is 9. The van der Waals surface area contributed by atoms with Crippen molar-refractivity contribution in [2.24, 2.45) is 17.8 Å². The number of nitrogens with one attached hydrogen (secondary N) is 1. The van der Waals surface area contributed by atoms with Crippen LogP contribution in [-0.4, -0.2) is 64.2 Å². The molecule has 2 aliphatic rings. The maximum Gasteiger partial charge on any atom is 0.411 e. The molecule has 2 bridgehead atoms. The van der Waals surface area contributed by atoms with Crippen LogP contribution in [0.25, 0.3) is 0 Å². The van der Waals surface area contributed by atoms with E-state index in [1.54, 1.807) is 27.2 Å². The minimum atomic E-state index is -2.26. The van der Waals surface area contributed by atoms with Crippen LogP contribution in [-0.2, 0) is 23.0 Å². The zero-order chi connectivity index (χ0) is 27.8. The zero-order valence-corrected chi connectivity index (χ0v) is 24.2. The van der Waals surface area contributed by atoms with Crippen molar-refractivity contribution < 1.29 is 23.7 Å². The van der Waals surface area contributed by atoms with Gasteiger partial charge in [-0.15, -0.1) is 17.9 Å². The first kappa shape index (κ1) is 27.8. The van der Waals surface area contributed by atoms with Gasteiger partial charge in [0.15, 0.2) is 0 Å². The van der Waals surface area contributed by atoms with E-state index in [-0.39, 0.29) is 36.1 Å². The monoisotopic (exact) mass is 562 g/mol. The quantitative estimate of drug-likeness (QED) is 0.155. The number of hydrogen-bond acceptors (Lipinski definition) is 9. The van der Waals surface area contributed by atoms with Crippen molar-refractivity contribution in [2.45, 2.75) is 57.5 Å². The van der Waals surface area contributed by atoms with Gasteiger partial charge in [-0.2, -0.15) is 10.2 Å². The highest BCUT2D eigenvalue weighted by molar-refractivity contribution is 7.09. The van der Waals surface area contributed by atoms with Crippen LogP contribution in [0.3, 0.4) is 0 Å². The van der Waals surface area contributed by atoms with Gasteiger partial charge in [-0.3, -0.25) is 20.0 Å². The molecule has 15 heteroatoms. The normalized spacial score (nSPS) is 19.5. The number of carbonyl (C=O) groups is 2. The van der Waals surface area contributed by atoms with E-state index in [0.717, 1.165) is 11.3 Å². The van der Waals surface area contributed by atoms with E-state index in [1.807, 2.05) is 7.05 Å². The molecule has 3 amide bonds. The van der Waals surface area contributed by atoms with Crippen molar-refractivity contribution >= 4 is 37.6 Å². The molecule has 0 aromatic carbocycles. The number of carbonyl (C=O) groups excluding carboxylic acids is 2. The van der Waals surface area contributed by atoms with Crippen molar-refractivity contribution in [1.82, 2.24) is 30.2 Å². The topological polar surface area (TPSA) is 149 Å². The predicted molar refractivity (Wildman–Crippen MR) is 144 cm³/mol. The summed E-state index contributed by atoms with van der Waals surface area (Å²) in [5.41, 5.74) is 9.91. The number of nitrogens with zero attached hydrogens (tertiary/aromatic N) is 6. The van der Waals surface area contributed by atoms with Crippen molar-refractivity contribution in [3.63, 3.8) is 0 Å². The van der Waals surface area contributed by atoms with Crippen LogP contribution in [0, 0.1) is 0 Å². The number of thiazole rings is 1. The van der Waals surface area contributed by atoms with Crippen LogP contribution in [0.5, 0.6) is 5.88 Å². The van der Waals surface area contributed by atoms with Crippen LogP contribution < -0.4 is 16.0 Å². The van der Waals surface area contributed by atoms with Crippen LogP contribution in [0.1, 0.15) is 49.1 Å². The molecule has 0 radical (unpaired) electrons. The number of hydrogen-bond donors (Lipinski definition) is 2. The highest BCUT2D eigenvalue weighted by atomic mass is 32.1. The Labute approximate surface area is 226 Å². The fourth-order valence-corrected chi connectivity index (χ4v) is 5.26. The van der Waals surface area contributed by atoms with Gasteiger partial charge >= 0.3 is 12.1 Å². The molecule has 0 unspecified atom stereocenters. The molecule has 2 aromatic rings. The third-order valence-corrected chi connectivity index (χ3v) is 12.0. The summed E-state index contributed by atoms with van der Waals surface area (Å²) < 4.78 is 13.0. The highest BCUT2D eigenvalue weighted by Crippen LogP contribution is 2.44. The van der Waals surface area contributed by atoms with E-state index >= 15 is 0 Å². The van der Waals surface area contributed by atoms with Gasteiger partial charge in [-0.1, -0.05) is 26.8 Å². The van der Waals surface area contributed by atoms with Gasteiger partial charge in [0, 0.05) is 12.6 Å². The van der Waals surface area contributed by atoms with Gasteiger partial charge in [0.2, 0.25) is 14.2 Å². The maximum absolute atomic E-state index is 13.5. The fraction of sp³-hybridized carbons (Fsp3) is 0.522. The molecule has 1 fully saturated rings. The van der Waals surface area contributed by atoms with E-state index in [1.165, 1.54) is 16.4 Å². The number of urea groups is 1. The lowest BCUT2D eigenvalue weighted by atomic mass is 9.97. The summed E-state index contributed by atoms with van der Waals surface area (Å²) in [5, 5.41) is 7.96. The second-order valence-electron chi connectivity index (χ2n) is 10.5. The average Bonchev–Trinajstić information content (AvgIpc) is 3.51. The van der Waals surface area contributed by atoms with Gasteiger partial charge in [0.05, 0.1) is 37.0 Å². The number of amides is 3. The van der Waals surface area contributed by atoms with Gasteiger partial charge in [-0.05, 0) is 18.1 Å². The summed E-state index contributed by atoms with van der Waals surface area (Å²) in [6.45, 7) is 15.1. The summed E-state index contributed by atoms with van der Waals surface area (Å²) in [4.78, 5) is 41.1. The Kier molecular flexibility index (Phi) is 7.65. The van der Waals surface area contributed by atoms with Crippen LogP contribution in [0.2, 0.25) is 18.1 Å². The number of nitrogens with two attached hydrogens (primary N) is 1. The first-order valence-electron chi connectivity index (χ1n) is 12.1. The number of fused-ring (bicyclic) bond motifs is 4. The number of ether oxygens (including phenoxy) is 1. The van der Waals surface area contributed by atoms with Gasteiger partial charge in [-0.25, -0.2) is 14.6 Å². The van der Waals surface area contributed by atoms with Crippen LogP contribution >= 0.6 is 11.3 Å². The molecule has 4 heterocycles. The molecule has 0 saturated carbocycles. The minimum Gasteiger partial charge on any atom is -0.390 e. The van der Waals surface area contributed by atoms with E-state index < -0.39 is 20.5 Å². The summed E-state index contributed by atoms with van der Waals surface area (Å²) in [5.74, 6) is 0.545. The van der Waals surface area contributed by atoms with Crippen molar-refractivity contribution in [3.05, 3.63) is 40.5 Å². The van der Waals surface area contributed by atoms with Gasteiger partial charge in [0.25, 0.3) is 0 Å². The number of primary amides is 1. The predicted octanol–water partition coefficient (Wildman–Crippen LogP) is 3.41. The minimum absolute atomic E-state index is 0.0738. The summed E-state index contributed by atoms with van der Waals surface area (Å²) >= 11 is 1.28. The van der Waals surface area contributed by atoms with Crippen LogP contribution in [0.4, 0.5) is 9.59 Å². The van der Waals surface area contributed by atoms with Crippen LogP contribution in [0.15, 0.2) is 29.2 Å². The molecule has 1 saturated heterocycles. The Morgan fingerprint density at radius 1 is 1.42 bits per heavy atom. The lowest BCUT2D eigenvalue weighted by molar-refractivity contribution is -0.118. The Morgan fingerprint density at radius 3 is 2.82 bits per heavy atom. The Hall–Kier alpha value is -3.27. The van der Waals surface area contributed by atoms with Crippen molar-refractivity contribution in [1.29, 1.82) is 0 Å². The summed E-state index contributed by atoms with van der Waals surface area (Å²) in [6, 6.07) is -1.20. The standard InChI is InChI=1S/C23H34N8O5SSi/c1-8-9-34-31-15-12-30(22(31)33)19(18-14(15)10-26-29(18)5)20(28-36-38(6,7)23(2,3)4)25-11-17-27-16(13-37-17)35-21(24)32/h8,10,13,15,19H,1,9,11-12H2,2-7H3,(H2,24,32)(H,25,28)/t15-,19-/m0/s1. The second kappa shape index (κ2) is 10.5.